The minimum Gasteiger partial charge on any atom is -0.467 e. The van der Waals surface area contributed by atoms with Crippen molar-refractivity contribution < 1.29 is 62.1 Å². The monoisotopic (exact) mass is 1070 g/mol. The number of carbonyl (C=O) groups excluding carboxylic acids is 9. The Kier molecular flexibility index (Phi) is 28.8. The minimum absolute atomic E-state index is 0.0315. The molecule has 10 atom stereocenters. The molecule has 0 spiro atoms. The summed E-state index contributed by atoms with van der Waals surface area (Å²) in [6.07, 6.45) is 5.50. The maximum atomic E-state index is 14.7. The summed E-state index contributed by atoms with van der Waals surface area (Å²) >= 11 is 0. The van der Waals surface area contributed by atoms with Crippen molar-refractivity contribution in [1.82, 2.24) is 40.9 Å². The van der Waals surface area contributed by atoms with Crippen LogP contribution < -0.4 is 21.3 Å². The molecule has 1 fully saturated rings. The van der Waals surface area contributed by atoms with Gasteiger partial charge in [0.25, 0.3) is 5.91 Å². The van der Waals surface area contributed by atoms with Crippen LogP contribution in [0.2, 0.25) is 0 Å². The molecule has 0 aliphatic carbocycles. The molecule has 426 valence electrons. The number of nitrogens with zero attached hydrogens (tertiary/aromatic N) is 4. The number of benzene rings is 1. The maximum absolute atomic E-state index is 14.7. The van der Waals surface area contributed by atoms with E-state index in [0.717, 1.165) is 5.56 Å². The molecule has 0 aromatic heterocycles. The van der Waals surface area contributed by atoms with Gasteiger partial charge in [0.2, 0.25) is 41.4 Å². The third-order valence-corrected chi connectivity index (χ3v) is 14.2. The molecule has 1 heterocycles. The van der Waals surface area contributed by atoms with Crippen LogP contribution in [-0.4, -0.2) is 197 Å². The molecule has 1 aliphatic rings. The van der Waals surface area contributed by atoms with Gasteiger partial charge >= 0.3 is 5.97 Å². The molecule has 0 saturated carbocycles. The first-order chi connectivity index (χ1) is 35.9. The predicted molar refractivity (Wildman–Crippen MR) is 286 cm³/mol. The van der Waals surface area contributed by atoms with Crippen LogP contribution in [0.3, 0.4) is 0 Å². The van der Waals surface area contributed by atoms with Crippen LogP contribution >= 0.6 is 0 Å². The van der Waals surface area contributed by atoms with E-state index < -0.39 is 108 Å². The van der Waals surface area contributed by atoms with E-state index in [2.05, 4.69) is 21.3 Å². The van der Waals surface area contributed by atoms with E-state index in [0.29, 0.717) is 32.4 Å². The highest BCUT2D eigenvalue weighted by Gasteiger charge is 2.44. The second-order valence-electron chi connectivity index (χ2n) is 20.3. The van der Waals surface area contributed by atoms with Gasteiger partial charge in [0.15, 0.2) is 0 Å². The largest absolute Gasteiger partial charge is 0.467 e. The molecule has 1 aliphatic heterocycles. The summed E-state index contributed by atoms with van der Waals surface area (Å²) in [6.45, 7) is 15.1. The first-order valence-corrected chi connectivity index (χ1v) is 26.4. The van der Waals surface area contributed by atoms with E-state index in [-0.39, 0.29) is 63.0 Å². The van der Waals surface area contributed by atoms with E-state index in [9.17, 15) is 43.2 Å². The predicted octanol–water partition coefficient (Wildman–Crippen LogP) is 1.94. The Morgan fingerprint density at radius 3 is 1.96 bits per heavy atom. The number of methoxy groups -OCH3 is 4. The molecule has 1 aromatic rings. The van der Waals surface area contributed by atoms with E-state index in [1.54, 1.807) is 46.6 Å². The first kappa shape index (κ1) is 66.0. The normalized spacial score (nSPS) is 16.8. The third kappa shape index (κ3) is 19.5. The topological polar surface area (TPSA) is 252 Å². The quantitative estimate of drug-likeness (QED) is 0.0458. The molecule has 76 heavy (non-hydrogen) atoms. The van der Waals surface area contributed by atoms with E-state index in [4.69, 9.17) is 25.4 Å². The summed E-state index contributed by atoms with van der Waals surface area (Å²) in [6, 6.07) is 3.98. The maximum Gasteiger partial charge on any atom is 0.328 e. The zero-order valence-electron chi connectivity index (χ0n) is 47.5. The van der Waals surface area contributed by atoms with Gasteiger partial charge in [0, 0.05) is 80.9 Å². The Morgan fingerprint density at radius 2 is 1.42 bits per heavy atom. The highest BCUT2D eigenvalue weighted by molar-refractivity contribution is 5.95. The summed E-state index contributed by atoms with van der Waals surface area (Å²) in [5.41, 5.74) is 0.838. The lowest BCUT2D eigenvalue weighted by molar-refractivity contribution is -0.149. The van der Waals surface area contributed by atoms with Crippen LogP contribution in [0.25, 0.3) is 0 Å². The SMILES string of the molecule is C#CC(=O)N(CCC(=O)NCCOC)CCC(=O)NC(C)C(=O)N(C)C(C(=O)NC(C(=O)N(C)C(C(C)CC)C(CC(=O)N1CCC[C@H]1C(OC)C(C)C(=O)NC(Cc1ccccc1)C(=O)OC)OC)C(C)C)C(C)C. The van der Waals surface area contributed by atoms with E-state index in [1.165, 1.54) is 57.1 Å². The molecular weight excluding hydrogens is 981 g/mol. The van der Waals surface area contributed by atoms with Gasteiger partial charge in [0.1, 0.15) is 24.2 Å². The number of ether oxygens (including phenoxy) is 4. The fourth-order valence-electron chi connectivity index (χ4n) is 9.77. The Balaban J connectivity index is 2.24. The molecule has 8 amide bonds. The van der Waals surface area contributed by atoms with Crippen molar-refractivity contribution in [3.05, 3.63) is 35.9 Å². The summed E-state index contributed by atoms with van der Waals surface area (Å²) in [7, 11) is 8.81. The molecule has 1 aromatic carbocycles. The molecule has 0 bridgehead atoms. The van der Waals surface area contributed by atoms with Crippen LogP contribution in [0.15, 0.2) is 30.3 Å². The van der Waals surface area contributed by atoms with Gasteiger partial charge in [-0.15, -0.1) is 6.42 Å². The van der Waals surface area contributed by atoms with E-state index >= 15 is 0 Å². The summed E-state index contributed by atoms with van der Waals surface area (Å²) < 4.78 is 21.9. The van der Waals surface area contributed by atoms with Crippen LogP contribution in [0.5, 0.6) is 0 Å². The van der Waals surface area contributed by atoms with Crippen molar-refractivity contribution in [2.75, 3.05) is 75.3 Å². The van der Waals surface area contributed by atoms with Crippen molar-refractivity contribution in [1.29, 1.82) is 0 Å². The Hall–Kier alpha value is -6.11. The fourth-order valence-corrected chi connectivity index (χ4v) is 9.77. The summed E-state index contributed by atoms with van der Waals surface area (Å²) in [5.74, 6) is -4.28. The smallest absolute Gasteiger partial charge is 0.328 e. The molecule has 21 nitrogen and oxygen atoms in total. The molecular formula is C55H88N8O13. The highest BCUT2D eigenvalue weighted by atomic mass is 16.5. The van der Waals surface area contributed by atoms with Gasteiger partial charge in [-0.25, -0.2) is 4.79 Å². The molecule has 21 heteroatoms. The first-order valence-electron chi connectivity index (χ1n) is 26.4. The minimum atomic E-state index is -1.09. The fraction of sp³-hybridized carbons (Fsp3) is 0.691. The lowest BCUT2D eigenvalue weighted by Gasteiger charge is -2.41. The molecule has 0 radical (unpaired) electrons. The molecule has 4 N–H and O–H groups in total. The number of amides is 8. The number of hydrogen-bond acceptors (Lipinski definition) is 13. The third-order valence-electron chi connectivity index (χ3n) is 14.2. The lowest BCUT2D eigenvalue weighted by Crippen LogP contribution is -2.61. The standard InChI is InChI=1S/C55H88N8O13/c1-16-36(7)49(42(74-13)33-46(67)63-28-21-24-41(63)50(75-14)37(8)51(68)58-40(55(72)76-15)32-39-22-19-18-20-23-39)61(11)54(71)47(34(3)4)59-52(69)48(35(5)6)60(10)53(70)38(9)57-44(65)26-30-62(45(66)17-2)29-25-43(64)56-27-31-73-12/h2,18-20,22-23,34-38,40-42,47-50H,16,21,24-33H2,1,3-15H3,(H,56,64)(H,57,65)(H,58,68)(H,59,69)/t36?,37?,38?,40?,41-,42?,47?,48?,49?,50?/m0/s1. The van der Waals surface area contributed by atoms with Gasteiger partial charge in [-0.1, -0.05) is 85.2 Å². The van der Waals surface area contributed by atoms with Crippen molar-refractivity contribution in [2.45, 2.75) is 149 Å². The second kappa shape index (κ2) is 33.1. The molecule has 1 saturated heterocycles. The van der Waals surface area contributed by atoms with Crippen LogP contribution in [-0.2, 0) is 68.5 Å². The van der Waals surface area contributed by atoms with Crippen LogP contribution in [0.4, 0.5) is 0 Å². The van der Waals surface area contributed by atoms with Gasteiger partial charge in [0.05, 0.1) is 50.3 Å². The summed E-state index contributed by atoms with van der Waals surface area (Å²) in [5, 5.41) is 11.0. The van der Waals surface area contributed by atoms with Crippen LogP contribution in [0.1, 0.15) is 99.5 Å². The summed E-state index contributed by atoms with van der Waals surface area (Å²) in [4.78, 5) is 127. The Morgan fingerprint density at radius 1 is 0.789 bits per heavy atom. The average molecular weight is 1070 g/mol. The second-order valence-corrected chi connectivity index (χ2v) is 20.3. The number of rotatable bonds is 32. The highest BCUT2D eigenvalue weighted by Crippen LogP contribution is 2.30. The number of carbonyl (C=O) groups is 9. The van der Waals surface area contributed by atoms with Gasteiger partial charge in [-0.2, -0.15) is 0 Å². The van der Waals surface area contributed by atoms with Crippen molar-refractivity contribution in [3.8, 4) is 12.3 Å². The number of terminal acetylenes is 1. The van der Waals surface area contributed by atoms with Crippen LogP contribution in [0, 0.1) is 36.0 Å². The number of esters is 1. The van der Waals surface area contributed by atoms with Gasteiger partial charge < -0.3 is 59.8 Å². The molecule has 9 unspecified atom stereocenters. The zero-order chi connectivity index (χ0) is 57.4. The van der Waals surface area contributed by atoms with Gasteiger partial charge in [-0.05, 0) is 49.0 Å². The number of likely N-dealkylation sites (tertiary alicyclic amines) is 1. The number of nitrogens with one attached hydrogen (secondary N) is 4. The lowest BCUT2D eigenvalue weighted by atomic mass is 9.89. The van der Waals surface area contributed by atoms with Crippen molar-refractivity contribution in [2.24, 2.45) is 23.7 Å². The molecule has 2 rings (SSSR count). The zero-order valence-corrected chi connectivity index (χ0v) is 47.5. The number of likely N-dealkylation sites (N-methyl/N-ethyl adjacent to an activating group) is 2. The average Bonchev–Trinajstić information content (AvgIpc) is 3.88. The number of hydrogen-bond donors (Lipinski definition) is 4. The van der Waals surface area contributed by atoms with E-state index in [1.807, 2.05) is 50.1 Å². The Labute approximate surface area is 450 Å². The van der Waals surface area contributed by atoms with Crippen molar-refractivity contribution in [3.63, 3.8) is 0 Å². The van der Waals surface area contributed by atoms with Gasteiger partial charge in [-0.3, -0.25) is 38.4 Å². The Bertz CT molecular complexity index is 2120. The van der Waals surface area contributed by atoms with Crippen molar-refractivity contribution >= 4 is 53.2 Å².